The number of carbonyl (C=O) groups is 1. The molecule has 20 heavy (non-hydrogen) atoms. The fourth-order valence-electron chi connectivity index (χ4n) is 1.79. The van der Waals surface area contributed by atoms with E-state index in [2.05, 4.69) is 23.8 Å². The van der Waals surface area contributed by atoms with Gasteiger partial charge in [0.2, 0.25) is 0 Å². The molecule has 1 aromatic rings. The molecule has 1 aromatic carbocycles. The first-order chi connectivity index (χ1) is 9.58. The summed E-state index contributed by atoms with van der Waals surface area (Å²) >= 11 is 7.79. The first-order valence-electron chi connectivity index (χ1n) is 6.91. The predicted molar refractivity (Wildman–Crippen MR) is 90.2 cm³/mol. The summed E-state index contributed by atoms with van der Waals surface area (Å²) in [7, 11) is 0. The van der Waals surface area contributed by atoms with E-state index in [1.54, 1.807) is 23.9 Å². The van der Waals surface area contributed by atoms with Crippen LogP contribution in [0.25, 0.3) is 0 Å². The number of hydrogen-bond acceptors (Lipinski definition) is 3. The van der Waals surface area contributed by atoms with Crippen LogP contribution in [0.4, 0.5) is 5.69 Å². The van der Waals surface area contributed by atoms with Crippen molar-refractivity contribution in [2.75, 3.05) is 23.9 Å². The maximum atomic E-state index is 12.3. The molecule has 0 aliphatic rings. The molecular formula is C15H23ClN2OS. The minimum atomic E-state index is -0.0697. The minimum absolute atomic E-state index is 0.0697. The number of anilines is 1. The number of nitrogens with one attached hydrogen (secondary N) is 2. The van der Waals surface area contributed by atoms with Gasteiger partial charge in [-0.25, -0.2) is 0 Å². The number of thioether (sulfide) groups is 1. The summed E-state index contributed by atoms with van der Waals surface area (Å²) in [6.45, 7) is 4.95. The Labute approximate surface area is 130 Å². The van der Waals surface area contributed by atoms with Crippen LogP contribution in [0.1, 0.15) is 37.0 Å². The molecule has 0 aliphatic carbocycles. The standard InChI is InChI=1S/C15H23ClN2OS/c1-4-8-17-14-6-5-12(16)10-13(14)15(19)18-11(2)7-9-20-3/h5-6,10-11,17H,4,7-9H2,1-3H3,(H,18,19). The molecule has 0 fully saturated rings. The molecule has 3 nitrogen and oxygen atoms in total. The molecule has 0 heterocycles. The normalized spacial score (nSPS) is 12.0. The summed E-state index contributed by atoms with van der Waals surface area (Å²) in [6, 6.07) is 5.54. The highest BCUT2D eigenvalue weighted by Gasteiger charge is 2.14. The Bertz CT molecular complexity index is 440. The minimum Gasteiger partial charge on any atom is -0.384 e. The highest BCUT2D eigenvalue weighted by atomic mass is 35.5. The van der Waals surface area contributed by atoms with Gasteiger partial charge in [0.25, 0.3) is 5.91 Å². The van der Waals surface area contributed by atoms with Crippen molar-refractivity contribution in [2.45, 2.75) is 32.7 Å². The Morgan fingerprint density at radius 1 is 1.45 bits per heavy atom. The van der Waals surface area contributed by atoms with Gasteiger partial charge in [0, 0.05) is 23.3 Å². The van der Waals surface area contributed by atoms with Gasteiger partial charge >= 0.3 is 0 Å². The third kappa shape index (κ3) is 5.63. The molecule has 0 radical (unpaired) electrons. The fourth-order valence-corrected chi connectivity index (χ4v) is 2.55. The van der Waals surface area contributed by atoms with Gasteiger partial charge in [-0.2, -0.15) is 11.8 Å². The van der Waals surface area contributed by atoms with E-state index in [9.17, 15) is 4.79 Å². The maximum Gasteiger partial charge on any atom is 0.253 e. The van der Waals surface area contributed by atoms with Crippen molar-refractivity contribution >= 4 is 35.0 Å². The number of carbonyl (C=O) groups excluding carboxylic acids is 1. The van der Waals surface area contributed by atoms with E-state index < -0.39 is 0 Å². The zero-order valence-corrected chi connectivity index (χ0v) is 13.9. The molecular weight excluding hydrogens is 292 g/mol. The van der Waals surface area contributed by atoms with Crippen LogP contribution >= 0.6 is 23.4 Å². The average molecular weight is 315 g/mol. The second-order valence-electron chi connectivity index (χ2n) is 4.77. The maximum absolute atomic E-state index is 12.3. The van der Waals surface area contributed by atoms with Crippen LogP contribution in [-0.2, 0) is 0 Å². The molecule has 0 saturated carbocycles. The van der Waals surface area contributed by atoms with Gasteiger partial charge in [0.1, 0.15) is 0 Å². The molecule has 5 heteroatoms. The number of halogens is 1. The molecule has 0 aromatic heterocycles. The number of rotatable bonds is 8. The Morgan fingerprint density at radius 3 is 2.85 bits per heavy atom. The molecule has 0 spiro atoms. The van der Waals surface area contributed by atoms with Gasteiger partial charge < -0.3 is 10.6 Å². The van der Waals surface area contributed by atoms with Crippen LogP contribution in [0.15, 0.2) is 18.2 Å². The van der Waals surface area contributed by atoms with Gasteiger partial charge in [0.05, 0.1) is 5.56 Å². The van der Waals surface area contributed by atoms with Crippen LogP contribution in [-0.4, -0.2) is 30.5 Å². The molecule has 1 atom stereocenters. The van der Waals surface area contributed by atoms with Gasteiger partial charge in [-0.05, 0) is 50.0 Å². The third-order valence-corrected chi connectivity index (χ3v) is 3.80. The summed E-state index contributed by atoms with van der Waals surface area (Å²) in [5, 5.41) is 6.87. The molecule has 0 bridgehead atoms. The molecule has 1 rings (SSSR count). The lowest BCUT2D eigenvalue weighted by Gasteiger charge is -2.16. The summed E-state index contributed by atoms with van der Waals surface area (Å²) < 4.78 is 0. The lowest BCUT2D eigenvalue weighted by molar-refractivity contribution is 0.0940. The average Bonchev–Trinajstić information content (AvgIpc) is 2.43. The topological polar surface area (TPSA) is 41.1 Å². The largest absolute Gasteiger partial charge is 0.384 e. The van der Waals surface area contributed by atoms with Crippen LogP contribution in [0, 0.1) is 0 Å². The molecule has 0 aliphatic heterocycles. The second kappa shape index (κ2) is 9.14. The van der Waals surface area contributed by atoms with Crippen molar-refractivity contribution in [3.8, 4) is 0 Å². The van der Waals surface area contributed by atoms with E-state index in [1.807, 2.05) is 13.0 Å². The lowest BCUT2D eigenvalue weighted by atomic mass is 10.1. The zero-order chi connectivity index (χ0) is 15.0. The third-order valence-electron chi connectivity index (χ3n) is 2.92. The smallest absolute Gasteiger partial charge is 0.253 e. The zero-order valence-electron chi connectivity index (χ0n) is 12.3. The summed E-state index contributed by atoms with van der Waals surface area (Å²) in [5.41, 5.74) is 1.45. The summed E-state index contributed by atoms with van der Waals surface area (Å²) in [4.78, 5) is 12.3. The van der Waals surface area contributed by atoms with Crippen LogP contribution in [0.5, 0.6) is 0 Å². The van der Waals surface area contributed by atoms with Crippen LogP contribution in [0.3, 0.4) is 0 Å². The highest BCUT2D eigenvalue weighted by Crippen LogP contribution is 2.21. The molecule has 112 valence electrons. The number of benzene rings is 1. The molecule has 2 N–H and O–H groups in total. The molecule has 1 unspecified atom stereocenters. The number of hydrogen-bond donors (Lipinski definition) is 2. The fraction of sp³-hybridized carbons (Fsp3) is 0.533. The van der Waals surface area contributed by atoms with Crippen molar-refractivity contribution in [2.24, 2.45) is 0 Å². The Morgan fingerprint density at radius 2 is 2.20 bits per heavy atom. The quantitative estimate of drug-likeness (QED) is 0.761. The van der Waals surface area contributed by atoms with Crippen molar-refractivity contribution in [1.82, 2.24) is 5.32 Å². The monoisotopic (exact) mass is 314 g/mol. The Kier molecular flexibility index (Phi) is 7.85. The van der Waals surface area contributed by atoms with Gasteiger partial charge in [-0.1, -0.05) is 18.5 Å². The Hall–Kier alpha value is -0.870. The van der Waals surface area contributed by atoms with Gasteiger partial charge in [0.15, 0.2) is 0 Å². The lowest BCUT2D eigenvalue weighted by Crippen LogP contribution is -2.33. The van der Waals surface area contributed by atoms with Crippen molar-refractivity contribution < 1.29 is 4.79 Å². The molecule has 0 saturated heterocycles. The summed E-state index contributed by atoms with van der Waals surface area (Å²) in [6.07, 6.45) is 4.04. The summed E-state index contributed by atoms with van der Waals surface area (Å²) in [5.74, 6) is 0.970. The van der Waals surface area contributed by atoms with Gasteiger partial charge in [-0.3, -0.25) is 4.79 Å². The van der Waals surface area contributed by atoms with E-state index >= 15 is 0 Å². The van der Waals surface area contributed by atoms with Crippen LogP contribution < -0.4 is 10.6 Å². The van der Waals surface area contributed by atoms with Crippen molar-refractivity contribution in [3.63, 3.8) is 0 Å². The van der Waals surface area contributed by atoms with E-state index in [1.165, 1.54) is 0 Å². The van der Waals surface area contributed by atoms with E-state index in [4.69, 9.17) is 11.6 Å². The number of amides is 1. The highest BCUT2D eigenvalue weighted by molar-refractivity contribution is 7.98. The van der Waals surface area contributed by atoms with E-state index in [0.29, 0.717) is 10.6 Å². The van der Waals surface area contributed by atoms with Crippen molar-refractivity contribution in [1.29, 1.82) is 0 Å². The van der Waals surface area contributed by atoms with Crippen molar-refractivity contribution in [3.05, 3.63) is 28.8 Å². The van der Waals surface area contributed by atoms with E-state index in [0.717, 1.165) is 30.8 Å². The first kappa shape index (κ1) is 17.2. The van der Waals surface area contributed by atoms with E-state index in [-0.39, 0.29) is 11.9 Å². The second-order valence-corrected chi connectivity index (χ2v) is 6.19. The first-order valence-corrected chi connectivity index (χ1v) is 8.68. The Balaban J connectivity index is 2.76. The predicted octanol–water partition coefficient (Wildman–Crippen LogP) is 4.03. The molecule has 1 amide bonds. The SMILES string of the molecule is CCCNc1ccc(Cl)cc1C(=O)NC(C)CCSC. The van der Waals surface area contributed by atoms with Gasteiger partial charge in [-0.15, -0.1) is 0 Å². The van der Waals surface area contributed by atoms with Crippen LogP contribution in [0.2, 0.25) is 5.02 Å².